The van der Waals surface area contributed by atoms with Gasteiger partial charge in [-0.1, -0.05) is 15.9 Å². The van der Waals surface area contributed by atoms with Gasteiger partial charge >= 0.3 is 0 Å². The van der Waals surface area contributed by atoms with E-state index in [-0.39, 0.29) is 5.82 Å². The van der Waals surface area contributed by atoms with E-state index in [0.29, 0.717) is 11.2 Å². The molecule has 0 amide bonds. The number of alkyl halides is 1. The number of hydrogen-bond acceptors (Lipinski definition) is 2. The van der Waals surface area contributed by atoms with Crippen LogP contribution < -0.4 is 0 Å². The molecule has 0 N–H and O–H groups in total. The third kappa shape index (κ3) is 2.09. The monoisotopic (exact) mass is 269 g/mol. The molecule has 0 unspecified atom stereocenters. The standard InChI is InChI=1S/C11H9BrFNO/c1-7-14-11(10(6-12)15-7)8-2-4-9(13)5-3-8/h2-5H,6H2,1H3. The van der Waals surface area contributed by atoms with Gasteiger partial charge in [0.2, 0.25) is 0 Å². The van der Waals surface area contributed by atoms with Crippen LogP contribution in [0.1, 0.15) is 11.7 Å². The van der Waals surface area contributed by atoms with Gasteiger partial charge in [0.15, 0.2) is 5.89 Å². The van der Waals surface area contributed by atoms with E-state index < -0.39 is 0 Å². The van der Waals surface area contributed by atoms with Crippen molar-refractivity contribution in [1.82, 2.24) is 4.98 Å². The van der Waals surface area contributed by atoms with Gasteiger partial charge in [-0.2, -0.15) is 0 Å². The van der Waals surface area contributed by atoms with Crippen LogP contribution in [0.15, 0.2) is 28.7 Å². The molecule has 0 atom stereocenters. The molecule has 0 saturated heterocycles. The predicted octanol–water partition coefficient (Wildman–Crippen LogP) is 3.68. The molecule has 78 valence electrons. The summed E-state index contributed by atoms with van der Waals surface area (Å²) in [5, 5.41) is 0.598. The molecule has 0 aliphatic heterocycles. The predicted molar refractivity (Wildman–Crippen MR) is 59.3 cm³/mol. The molecule has 0 radical (unpaired) electrons. The van der Waals surface area contributed by atoms with Gasteiger partial charge in [0.05, 0.1) is 5.33 Å². The molecule has 1 heterocycles. The van der Waals surface area contributed by atoms with Gasteiger partial charge < -0.3 is 4.42 Å². The van der Waals surface area contributed by atoms with Crippen molar-refractivity contribution in [3.8, 4) is 11.3 Å². The summed E-state index contributed by atoms with van der Waals surface area (Å²) in [5.41, 5.74) is 1.63. The zero-order valence-electron chi connectivity index (χ0n) is 8.13. The molecule has 0 aliphatic carbocycles. The van der Waals surface area contributed by atoms with E-state index in [1.54, 1.807) is 19.1 Å². The molecule has 2 nitrogen and oxygen atoms in total. The minimum atomic E-state index is -0.251. The summed E-state index contributed by atoms with van der Waals surface area (Å²) in [4.78, 5) is 4.26. The van der Waals surface area contributed by atoms with Crippen molar-refractivity contribution in [2.45, 2.75) is 12.3 Å². The number of benzene rings is 1. The third-order valence-corrected chi connectivity index (χ3v) is 2.55. The average Bonchev–Trinajstić information content (AvgIpc) is 2.61. The van der Waals surface area contributed by atoms with E-state index in [9.17, 15) is 4.39 Å². The zero-order chi connectivity index (χ0) is 10.8. The number of aryl methyl sites for hydroxylation is 1. The first kappa shape index (κ1) is 10.4. The minimum Gasteiger partial charge on any atom is -0.444 e. The summed E-state index contributed by atoms with van der Waals surface area (Å²) >= 11 is 3.33. The number of oxazole rings is 1. The first-order chi connectivity index (χ1) is 7.20. The smallest absolute Gasteiger partial charge is 0.191 e. The van der Waals surface area contributed by atoms with Gasteiger partial charge in [-0.25, -0.2) is 9.37 Å². The second-order valence-electron chi connectivity index (χ2n) is 3.15. The van der Waals surface area contributed by atoms with Crippen LogP contribution in [0.3, 0.4) is 0 Å². The van der Waals surface area contributed by atoms with E-state index in [0.717, 1.165) is 17.0 Å². The Morgan fingerprint density at radius 3 is 2.60 bits per heavy atom. The van der Waals surface area contributed by atoms with Crippen molar-refractivity contribution in [2.24, 2.45) is 0 Å². The maximum absolute atomic E-state index is 12.7. The van der Waals surface area contributed by atoms with Crippen molar-refractivity contribution in [1.29, 1.82) is 0 Å². The van der Waals surface area contributed by atoms with Crippen LogP contribution in [0.2, 0.25) is 0 Å². The fraction of sp³-hybridized carbons (Fsp3) is 0.182. The molecule has 0 saturated carbocycles. The topological polar surface area (TPSA) is 26.0 Å². The van der Waals surface area contributed by atoms with Gasteiger partial charge in [0.1, 0.15) is 17.3 Å². The van der Waals surface area contributed by atoms with Crippen LogP contribution in [0.25, 0.3) is 11.3 Å². The summed E-state index contributed by atoms with van der Waals surface area (Å²) in [6.07, 6.45) is 0. The van der Waals surface area contributed by atoms with E-state index in [1.807, 2.05) is 0 Å². The zero-order valence-corrected chi connectivity index (χ0v) is 9.71. The van der Waals surface area contributed by atoms with E-state index in [1.165, 1.54) is 12.1 Å². The second kappa shape index (κ2) is 4.14. The maximum atomic E-state index is 12.7. The first-order valence-electron chi connectivity index (χ1n) is 4.49. The minimum absolute atomic E-state index is 0.251. The lowest BCUT2D eigenvalue weighted by molar-refractivity contribution is 0.492. The number of hydrogen-bond donors (Lipinski definition) is 0. The fourth-order valence-corrected chi connectivity index (χ4v) is 1.77. The third-order valence-electron chi connectivity index (χ3n) is 2.04. The van der Waals surface area contributed by atoms with Gasteiger partial charge in [0, 0.05) is 12.5 Å². The Kier molecular flexibility index (Phi) is 2.86. The quantitative estimate of drug-likeness (QED) is 0.778. The Hall–Kier alpha value is -1.16. The Bertz CT molecular complexity index is 464. The van der Waals surface area contributed by atoms with Crippen molar-refractivity contribution < 1.29 is 8.81 Å². The Balaban J connectivity index is 2.48. The normalized spacial score (nSPS) is 10.6. The van der Waals surface area contributed by atoms with Crippen LogP contribution in [0, 0.1) is 12.7 Å². The molecule has 0 spiro atoms. The van der Waals surface area contributed by atoms with Crippen molar-refractivity contribution in [3.05, 3.63) is 41.7 Å². The molecule has 4 heteroatoms. The summed E-state index contributed by atoms with van der Waals surface area (Å²) in [5.74, 6) is 1.13. The van der Waals surface area contributed by atoms with Gasteiger partial charge in [-0.15, -0.1) is 0 Å². The van der Waals surface area contributed by atoms with Crippen LogP contribution in [-0.4, -0.2) is 4.98 Å². The van der Waals surface area contributed by atoms with Crippen LogP contribution in [-0.2, 0) is 5.33 Å². The molecule has 15 heavy (non-hydrogen) atoms. The van der Waals surface area contributed by atoms with Crippen molar-refractivity contribution >= 4 is 15.9 Å². The van der Waals surface area contributed by atoms with Gasteiger partial charge in [0.25, 0.3) is 0 Å². The number of halogens is 2. The lowest BCUT2D eigenvalue weighted by atomic mass is 10.1. The van der Waals surface area contributed by atoms with Crippen LogP contribution in [0.4, 0.5) is 4.39 Å². The molecular weight excluding hydrogens is 261 g/mol. The molecular formula is C11H9BrFNO. The highest BCUT2D eigenvalue weighted by Crippen LogP contribution is 2.25. The molecule has 1 aromatic heterocycles. The Labute approximate surface area is 95.3 Å². The Morgan fingerprint density at radius 2 is 2.00 bits per heavy atom. The van der Waals surface area contributed by atoms with E-state index in [4.69, 9.17) is 4.42 Å². The summed E-state index contributed by atoms with van der Waals surface area (Å²) in [7, 11) is 0. The van der Waals surface area contributed by atoms with Crippen molar-refractivity contribution in [2.75, 3.05) is 0 Å². The largest absolute Gasteiger partial charge is 0.444 e. The van der Waals surface area contributed by atoms with Gasteiger partial charge in [-0.3, -0.25) is 0 Å². The molecule has 1 aromatic carbocycles. The molecule has 2 rings (SSSR count). The number of nitrogens with zero attached hydrogens (tertiary/aromatic N) is 1. The summed E-state index contributed by atoms with van der Waals surface area (Å²) < 4.78 is 18.1. The molecule has 2 aromatic rings. The van der Waals surface area contributed by atoms with Crippen LogP contribution in [0.5, 0.6) is 0 Å². The molecule has 0 fully saturated rings. The lowest BCUT2D eigenvalue weighted by Gasteiger charge is -1.97. The van der Waals surface area contributed by atoms with E-state index >= 15 is 0 Å². The first-order valence-corrected chi connectivity index (χ1v) is 5.61. The SMILES string of the molecule is Cc1nc(-c2ccc(F)cc2)c(CBr)o1. The fourth-order valence-electron chi connectivity index (χ4n) is 1.39. The second-order valence-corrected chi connectivity index (χ2v) is 3.71. The number of aromatic nitrogens is 1. The highest BCUT2D eigenvalue weighted by molar-refractivity contribution is 9.08. The Morgan fingerprint density at radius 1 is 1.33 bits per heavy atom. The highest BCUT2D eigenvalue weighted by Gasteiger charge is 2.11. The van der Waals surface area contributed by atoms with Gasteiger partial charge in [-0.05, 0) is 24.3 Å². The summed E-state index contributed by atoms with van der Waals surface area (Å²) in [6, 6.07) is 6.21. The number of rotatable bonds is 2. The van der Waals surface area contributed by atoms with Crippen molar-refractivity contribution in [3.63, 3.8) is 0 Å². The summed E-state index contributed by atoms with van der Waals surface area (Å²) in [6.45, 7) is 1.79. The maximum Gasteiger partial charge on any atom is 0.191 e. The molecule has 0 aliphatic rings. The molecule has 0 bridgehead atoms. The lowest BCUT2D eigenvalue weighted by Crippen LogP contribution is -1.83. The van der Waals surface area contributed by atoms with Crippen LogP contribution >= 0.6 is 15.9 Å². The highest BCUT2D eigenvalue weighted by atomic mass is 79.9. The average molecular weight is 270 g/mol. The van der Waals surface area contributed by atoms with E-state index in [2.05, 4.69) is 20.9 Å².